The van der Waals surface area contributed by atoms with Crippen LogP contribution in [0, 0.1) is 0 Å². The number of nitrogens with zero attached hydrogens (tertiary/aromatic N) is 2. The quantitative estimate of drug-likeness (QED) is 0.454. The molecule has 1 fully saturated rings. The summed E-state index contributed by atoms with van der Waals surface area (Å²) >= 11 is 0. The van der Waals surface area contributed by atoms with E-state index in [1.807, 2.05) is 18.2 Å². The number of benzene rings is 1. The number of carbonyl (C=O) groups is 1. The largest absolute Gasteiger partial charge is 0.304 e. The van der Waals surface area contributed by atoms with Crippen molar-refractivity contribution in [1.29, 1.82) is 0 Å². The minimum absolute atomic E-state index is 0.147. The summed E-state index contributed by atoms with van der Waals surface area (Å²) in [5.41, 5.74) is 4.47. The molecule has 2 rings (SSSR count). The molecule has 0 spiro atoms. The minimum atomic E-state index is -0.147. The van der Waals surface area contributed by atoms with Crippen LogP contribution < -0.4 is 11.3 Å². The van der Waals surface area contributed by atoms with Crippen molar-refractivity contribution in [3.8, 4) is 0 Å². The van der Waals surface area contributed by atoms with Crippen LogP contribution in [0.1, 0.15) is 11.1 Å². The maximum Gasteiger partial charge on any atom is 0.238 e. The number of hydrogen-bond donors (Lipinski definition) is 2. The lowest BCUT2D eigenvalue weighted by molar-refractivity contribution is -0.120. The highest BCUT2D eigenvalue weighted by Gasteiger charge is 2.15. The van der Waals surface area contributed by atoms with Crippen molar-refractivity contribution in [2.75, 3.05) is 33.2 Å². The second-order valence-corrected chi connectivity index (χ2v) is 5.09. The Hall–Kier alpha value is -1.43. The third kappa shape index (κ3) is 4.02. The fourth-order valence-electron chi connectivity index (χ4n) is 2.36. The van der Waals surface area contributed by atoms with Gasteiger partial charge in [0.05, 0.1) is 6.42 Å². The molecule has 1 amide bonds. The van der Waals surface area contributed by atoms with Gasteiger partial charge in [0.1, 0.15) is 0 Å². The molecule has 1 heterocycles. The number of rotatable bonds is 4. The summed E-state index contributed by atoms with van der Waals surface area (Å²) in [5.74, 6) is 5.01. The van der Waals surface area contributed by atoms with Crippen molar-refractivity contribution in [2.24, 2.45) is 5.84 Å². The monoisotopic (exact) mass is 262 g/mol. The summed E-state index contributed by atoms with van der Waals surface area (Å²) in [6.45, 7) is 5.26. The van der Waals surface area contributed by atoms with Gasteiger partial charge < -0.3 is 4.90 Å². The standard InChI is InChI=1S/C14H22N4O/c1-17-6-8-18(9-7-17)11-13-5-3-2-4-12(13)10-14(19)16-15/h2-5H,6-11,15H2,1H3,(H,16,19). The van der Waals surface area contributed by atoms with E-state index in [2.05, 4.69) is 28.3 Å². The Morgan fingerprint density at radius 1 is 1.21 bits per heavy atom. The summed E-state index contributed by atoms with van der Waals surface area (Å²) in [7, 11) is 2.15. The van der Waals surface area contributed by atoms with E-state index in [0.717, 1.165) is 38.3 Å². The second kappa shape index (κ2) is 6.65. The number of nitrogens with one attached hydrogen (secondary N) is 1. The Kier molecular flexibility index (Phi) is 4.90. The highest BCUT2D eigenvalue weighted by atomic mass is 16.2. The molecule has 1 aromatic rings. The fourth-order valence-corrected chi connectivity index (χ4v) is 2.36. The van der Waals surface area contributed by atoms with E-state index in [1.165, 1.54) is 5.56 Å². The molecule has 5 nitrogen and oxygen atoms in total. The third-order valence-electron chi connectivity index (χ3n) is 3.62. The number of piperazine rings is 1. The number of hydrazine groups is 1. The third-order valence-corrected chi connectivity index (χ3v) is 3.62. The van der Waals surface area contributed by atoms with Gasteiger partial charge >= 0.3 is 0 Å². The normalized spacial score (nSPS) is 17.4. The van der Waals surface area contributed by atoms with Gasteiger partial charge in [-0.05, 0) is 18.2 Å². The maximum atomic E-state index is 11.4. The summed E-state index contributed by atoms with van der Waals surface area (Å²) < 4.78 is 0. The summed E-state index contributed by atoms with van der Waals surface area (Å²) in [4.78, 5) is 16.2. The van der Waals surface area contributed by atoms with Crippen molar-refractivity contribution in [1.82, 2.24) is 15.2 Å². The number of nitrogens with two attached hydrogens (primary N) is 1. The molecule has 0 aromatic heterocycles. The van der Waals surface area contributed by atoms with Crippen LogP contribution in [-0.2, 0) is 17.8 Å². The SMILES string of the molecule is CN1CCN(Cc2ccccc2CC(=O)NN)CC1. The molecule has 0 bridgehead atoms. The maximum absolute atomic E-state index is 11.4. The molecule has 1 saturated heterocycles. The molecule has 3 N–H and O–H groups in total. The Balaban J connectivity index is 2.01. The van der Waals surface area contributed by atoms with Crippen LogP contribution in [0.4, 0.5) is 0 Å². The van der Waals surface area contributed by atoms with Crippen LogP contribution in [0.2, 0.25) is 0 Å². The average molecular weight is 262 g/mol. The van der Waals surface area contributed by atoms with Gasteiger partial charge in [-0.2, -0.15) is 0 Å². The Bertz CT molecular complexity index is 427. The lowest BCUT2D eigenvalue weighted by Crippen LogP contribution is -2.44. The van der Waals surface area contributed by atoms with Gasteiger partial charge in [0.15, 0.2) is 0 Å². The van der Waals surface area contributed by atoms with Gasteiger partial charge in [0.2, 0.25) is 5.91 Å². The number of hydrogen-bond acceptors (Lipinski definition) is 4. The number of likely N-dealkylation sites (N-methyl/N-ethyl adjacent to an activating group) is 1. The van der Waals surface area contributed by atoms with Crippen LogP contribution in [-0.4, -0.2) is 48.9 Å². The molecular weight excluding hydrogens is 240 g/mol. The fraction of sp³-hybridized carbons (Fsp3) is 0.500. The first-order chi connectivity index (χ1) is 9.19. The van der Waals surface area contributed by atoms with Crippen molar-refractivity contribution in [2.45, 2.75) is 13.0 Å². The van der Waals surface area contributed by atoms with Gasteiger partial charge in [0, 0.05) is 32.7 Å². The molecule has 0 unspecified atom stereocenters. The first-order valence-electron chi connectivity index (χ1n) is 6.66. The summed E-state index contributed by atoms with van der Waals surface area (Å²) in [6, 6.07) is 8.08. The van der Waals surface area contributed by atoms with E-state index < -0.39 is 0 Å². The number of amides is 1. The molecular formula is C14H22N4O. The first-order valence-corrected chi connectivity index (χ1v) is 6.66. The van der Waals surface area contributed by atoms with E-state index in [9.17, 15) is 4.79 Å². The van der Waals surface area contributed by atoms with Crippen molar-refractivity contribution in [3.05, 3.63) is 35.4 Å². The Morgan fingerprint density at radius 2 is 1.84 bits per heavy atom. The van der Waals surface area contributed by atoms with Crippen molar-refractivity contribution in [3.63, 3.8) is 0 Å². The van der Waals surface area contributed by atoms with Gasteiger partial charge in [-0.15, -0.1) is 0 Å². The van der Waals surface area contributed by atoms with Crippen LogP contribution >= 0.6 is 0 Å². The molecule has 1 aromatic carbocycles. The van der Waals surface area contributed by atoms with Crippen LogP contribution in [0.15, 0.2) is 24.3 Å². The topological polar surface area (TPSA) is 61.6 Å². The van der Waals surface area contributed by atoms with E-state index in [0.29, 0.717) is 6.42 Å². The van der Waals surface area contributed by atoms with Crippen LogP contribution in [0.25, 0.3) is 0 Å². The molecule has 0 radical (unpaired) electrons. The lowest BCUT2D eigenvalue weighted by Gasteiger charge is -2.32. The zero-order valence-electron chi connectivity index (χ0n) is 11.4. The van der Waals surface area contributed by atoms with Crippen molar-refractivity contribution >= 4 is 5.91 Å². The molecule has 0 saturated carbocycles. The molecule has 5 heteroatoms. The number of carbonyl (C=O) groups excluding carboxylic acids is 1. The van der Waals surface area contributed by atoms with E-state index in [1.54, 1.807) is 0 Å². The zero-order valence-corrected chi connectivity index (χ0v) is 11.4. The highest BCUT2D eigenvalue weighted by molar-refractivity contribution is 5.78. The van der Waals surface area contributed by atoms with E-state index in [4.69, 9.17) is 5.84 Å². The van der Waals surface area contributed by atoms with Gasteiger partial charge in [-0.25, -0.2) is 5.84 Å². The summed E-state index contributed by atoms with van der Waals surface area (Å²) in [6.07, 6.45) is 0.348. The average Bonchev–Trinajstić information content (AvgIpc) is 2.43. The van der Waals surface area contributed by atoms with Gasteiger partial charge in [-0.3, -0.25) is 15.1 Å². The molecule has 19 heavy (non-hydrogen) atoms. The zero-order chi connectivity index (χ0) is 13.7. The van der Waals surface area contributed by atoms with Crippen LogP contribution in [0.5, 0.6) is 0 Å². The predicted molar refractivity (Wildman–Crippen MR) is 75.3 cm³/mol. The predicted octanol–water partition coefficient (Wildman–Crippen LogP) is -0.0336. The second-order valence-electron chi connectivity index (χ2n) is 5.09. The lowest BCUT2D eigenvalue weighted by atomic mass is 10.0. The molecule has 1 aliphatic heterocycles. The minimum Gasteiger partial charge on any atom is -0.304 e. The van der Waals surface area contributed by atoms with Crippen molar-refractivity contribution < 1.29 is 4.79 Å². The smallest absolute Gasteiger partial charge is 0.238 e. The van der Waals surface area contributed by atoms with E-state index in [-0.39, 0.29) is 5.91 Å². The molecule has 1 aliphatic rings. The van der Waals surface area contributed by atoms with Gasteiger partial charge in [-0.1, -0.05) is 24.3 Å². The van der Waals surface area contributed by atoms with Crippen LogP contribution in [0.3, 0.4) is 0 Å². The van der Waals surface area contributed by atoms with E-state index >= 15 is 0 Å². The highest BCUT2D eigenvalue weighted by Crippen LogP contribution is 2.13. The molecule has 104 valence electrons. The Morgan fingerprint density at radius 3 is 2.47 bits per heavy atom. The Labute approximate surface area is 114 Å². The first kappa shape index (κ1) is 14.0. The summed E-state index contributed by atoms with van der Waals surface area (Å²) in [5, 5.41) is 0. The molecule has 0 aliphatic carbocycles. The van der Waals surface area contributed by atoms with Gasteiger partial charge in [0.25, 0.3) is 0 Å². The molecule has 0 atom stereocenters.